The first-order chi connectivity index (χ1) is 10.9. The van der Waals surface area contributed by atoms with Gasteiger partial charge in [0.1, 0.15) is 0 Å². The van der Waals surface area contributed by atoms with Crippen molar-refractivity contribution in [1.82, 2.24) is 15.3 Å². The minimum Gasteiger partial charge on any atom is -0.355 e. The van der Waals surface area contributed by atoms with Gasteiger partial charge in [-0.1, -0.05) is 23.9 Å². The molecule has 1 heterocycles. The van der Waals surface area contributed by atoms with Crippen molar-refractivity contribution in [3.63, 3.8) is 0 Å². The molecule has 23 heavy (non-hydrogen) atoms. The van der Waals surface area contributed by atoms with E-state index < -0.39 is 10.0 Å². The average Bonchev–Trinajstić information content (AvgIpc) is 2.53. The highest BCUT2D eigenvalue weighted by atomic mass is 32.2. The van der Waals surface area contributed by atoms with E-state index in [0.29, 0.717) is 18.1 Å². The number of amides is 1. The standard InChI is InChI=1S/C14H16N4O3S2/c15-23(20,21)12-4-2-11(3-5-12)6-9-16-13(19)10-22-14-17-7-1-8-18-14/h1-5,7-8H,6,9-10H2,(H,16,19)(H2,15,20,21). The second-order valence-electron chi connectivity index (χ2n) is 4.61. The fraction of sp³-hybridized carbons (Fsp3) is 0.214. The van der Waals surface area contributed by atoms with Gasteiger partial charge in [0.25, 0.3) is 0 Å². The van der Waals surface area contributed by atoms with Crippen LogP contribution in [0.4, 0.5) is 0 Å². The second-order valence-corrected chi connectivity index (χ2v) is 7.11. The van der Waals surface area contributed by atoms with Gasteiger partial charge < -0.3 is 5.32 Å². The summed E-state index contributed by atoms with van der Waals surface area (Å²) in [7, 11) is -3.67. The van der Waals surface area contributed by atoms with Crippen molar-refractivity contribution in [2.45, 2.75) is 16.5 Å². The predicted octanol–water partition coefficient (Wildman–Crippen LogP) is 0.575. The third kappa shape index (κ3) is 5.97. The van der Waals surface area contributed by atoms with Crippen LogP contribution in [0.15, 0.2) is 52.8 Å². The number of aromatic nitrogens is 2. The molecule has 7 nitrogen and oxygen atoms in total. The number of thioether (sulfide) groups is 1. The quantitative estimate of drug-likeness (QED) is 0.556. The maximum Gasteiger partial charge on any atom is 0.238 e. The predicted molar refractivity (Wildman–Crippen MR) is 87.3 cm³/mol. The molecule has 0 unspecified atom stereocenters. The van der Waals surface area contributed by atoms with Gasteiger partial charge in [0.15, 0.2) is 5.16 Å². The number of nitrogens with one attached hydrogen (secondary N) is 1. The number of sulfonamides is 1. The zero-order valence-electron chi connectivity index (χ0n) is 12.2. The molecule has 1 aromatic carbocycles. The summed E-state index contributed by atoms with van der Waals surface area (Å²) in [4.78, 5) is 19.8. The van der Waals surface area contributed by atoms with Crippen molar-refractivity contribution < 1.29 is 13.2 Å². The number of hydrogen-bond acceptors (Lipinski definition) is 6. The van der Waals surface area contributed by atoms with Crippen LogP contribution in [0.5, 0.6) is 0 Å². The molecule has 9 heteroatoms. The molecule has 0 spiro atoms. The summed E-state index contributed by atoms with van der Waals surface area (Å²) in [5.41, 5.74) is 0.914. The molecular formula is C14H16N4O3S2. The van der Waals surface area contributed by atoms with E-state index >= 15 is 0 Å². The summed E-state index contributed by atoms with van der Waals surface area (Å²) in [6.45, 7) is 0.462. The minimum atomic E-state index is -3.67. The molecule has 2 aromatic rings. The number of carbonyl (C=O) groups is 1. The Labute approximate surface area is 138 Å². The van der Waals surface area contributed by atoms with Gasteiger partial charge >= 0.3 is 0 Å². The van der Waals surface area contributed by atoms with Gasteiger partial charge in [-0.15, -0.1) is 0 Å². The highest BCUT2D eigenvalue weighted by molar-refractivity contribution is 7.99. The lowest BCUT2D eigenvalue weighted by molar-refractivity contribution is -0.118. The summed E-state index contributed by atoms with van der Waals surface area (Å²) in [5.74, 6) is 0.137. The lowest BCUT2D eigenvalue weighted by Crippen LogP contribution is -2.27. The summed E-state index contributed by atoms with van der Waals surface area (Å²) in [6.07, 6.45) is 3.85. The number of rotatable bonds is 7. The van der Waals surface area contributed by atoms with Crippen LogP contribution in [-0.4, -0.2) is 36.6 Å². The smallest absolute Gasteiger partial charge is 0.238 e. The van der Waals surface area contributed by atoms with Crippen LogP contribution < -0.4 is 10.5 Å². The molecule has 0 saturated heterocycles. The van der Waals surface area contributed by atoms with Crippen LogP contribution in [-0.2, 0) is 21.2 Å². The van der Waals surface area contributed by atoms with Crippen molar-refractivity contribution in [3.05, 3.63) is 48.3 Å². The summed E-state index contributed by atoms with van der Waals surface area (Å²) >= 11 is 1.26. The summed E-state index contributed by atoms with van der Waals surface area (Å²) in [6, 6.07) is 7.98. The fourth-order valence-corrected chi connectivity index (χ4v) is 2.88. The first-order valence-corrected chi connectivity index (χ1v) is 9.26. The van der Waals surface area contributed by atoms with Crippen molar-refractivity contribution >= 4 is 27.7 Å². The SMILES string of the molecule is NS(=O)(=O)c1ccc(CCNC(=O)CSc2ncccn2)cc1. The normalized spacial score (nSPS) is 11.2. The molecule has 0 aliphatic heterocycles. The van der Waals surface area contributed by atoms with Crippen LogP contribution in [0.2, 0.25) is 0 Å². The zero-order valence-corrected chi connectivity index (χ0v) is 13.8. The molecular weight excluding hydrogens is 336 g/mol. The minimum absolute atomic E-state index is 0.0737. The highest BCUT2D eigenvalue weighted by Crippen LogP contribution is 2.10. The highest BCUT2D eigenvalue weighted by Gasteiger charge is 2.07. The Balaban J connectivity index is 1.73. The van der Waals surface area contributed by atoms with Crippen LogP contribution in [0.25, 0.3) is 0 Å². The van der Waals surface area contributed by atoms with E-state index in [1.807, 2.05) is 0 Å². The van der Waals surface area contributed by atoms with E-state index in [2.05, 4.69) is 15.3 Å². The molecule has 0 radical (unpaired) electrons. The lowest BCUT2D eigenvalue weighted by Gasteiger charge is -2.05. The van der Waals surface area contributed by atoms with Crippen LogP contribution in [0.3, 0.4) is 0 Å². The van der Waals surface area contributed by atoms with Gasteiger partial charge in [-0.2, -0.15) is 0 Å². The van der Waals surface area contributed by atoms with Gasteiger partial charge in [-0.25, -0.2) is 23.5 Å². The molecule has 0 fully saturated rings. The molecule has 1 aromatic heterocycles. The first kappa shape index (κ1) is 17.4. The topological polar surface area (TPSA) is 115 Å². The molecule has 3 N–H and O–H groups in total. The van der Waals surface area contributed by atoms with Crippen molar-refractivity contribution in [3.8, 4) is 0 Å². The van der Waals surface area contributed by atoms with Crippen molar-refractivity contribution in [2.75, 3.05) is 12.3 Å². The van der Waals surface area contributed by atoms with Gasteiger partial charge in [0, 0.05) is 18.9 Å². The Kier molecular flexibility index (Phi) is 6.08. The summed E-state index contributed by atoms with van der Waals surface area (Å²) < 4.78 is 22.3. The van der Waals surface area contributed by atoms with Gasteiger partial charge in [-0.05, 0) is 30.2 Å². The summed E-state index contributed by atoms with van der Waals surface area (Å²) in [5, 5.41) is 8.38. The van der Waals surface area contributed by atoms with Crippen LogP contribution in [0.1, 0.15) is 5.56 Å². The lowest BCUT2D eigenvalue weighted by atomic mass is 10.1. The number of primary sulfonamides is 1. The van der Waals surface area contributed by atoms with E-state index in [0.717, 1.165) is 5.56 Å². The second kappa shape index (κ2) is 8.04. The number of nitrogens with zero attached hydrogens (tertiary/aromatic N) is 2. The molecule has 0 atom stereocenters. The Morgan fingerprint density at radius 2 is 1.83 bits per heavy atom. The third-order valence-electron chi connectivity index (χ3n) is 2.86. The van der Waals surface area contributed by atoms with E-state index in [-0.39, 0.29) is 16.6 Å². The van der Waals surface area contributed by atoms with Crippen LogP contribution >= 0.6 is 11.8 Å². The maximum absolute atomic E-state index is 11.7. The number of benzene rings is 1. The third-order valence-corrected chi connectivity index (χ3v) is 4.67. The number of carbonyl (C=O) groups excluding carboxylic acids is 1. The Bertz CT molecular complexity index is 749. The zero-order chi connectivity index (χ0) is 16.7. The molecule has 2 rings (SSSR count). The molecule has 0 aliphatic rings. The number of hydrogen-bond donors (Lipinski definition) is 2. The number of nitrogens with two attached hydrogens (primary N) is 1. The van der Waals surface area contributed by atoms with E-state index in [9.17, 15) is 13.2 Å². The van der Waals surface area contributed by atoms with Crippen molar-refractivity contribution in [2.24, 2.45) is 5.14 Å². The molecule has 1 amide bonds. The molecule has 0 aliphatic carbocycles. The molecule has 0 saturated carbocycles. The largest absolute Gasteiger partial charge is 0.355 e. The fourth-order valence-electron chi connectivity index (χ4n) is 1.73. The van der Waals surface area contributed by atoms with Crippen molar-refractivity contribution in [1.29, 1.82) is 0 Å². The monoisotopic (exact) mass is 352 g/mol. The van der Waals surface area contributed by atoms with Gasteiger partial charge in [-0.3, -0.25) is 4.79 Å². The first-order valence-electron chi connectivity index (χ1n) is 6.73. The maximum atomic E-state index is 11.7. The molecule has 122 valence electrons. The van der Waals surface area contributed by atoms with Gasteiger partial charge in [0.2, 0.25) is 15.9 Å². The van der Waals surface area contributed by atoms with E-state index in [1.165, 1.54) is 23.9 Å². The Hall–Kier alpha value is -1.97. The van der Waals surface area contributed by atoms with E-state index in [4.69, 9.17) is 5.14 Å². The van der Waals surface area contributed by atoms with Crippen LogP contribution in [0, 0.1) is 0 Å². The van der Waals surface area contributed by atoms with Gasteiger partial charge in [0.05, 0.1) is 10.6 Å². The Morgan fingerprint density at radius 3 is 2.43 bits per heavy atom. The average molecular weight is 352 g/mol. The molecule has 0 bridgehead atoms. The van der Waals surface area contributed by atoms with E-state index in [1.54, 1.807) is 30.6 Å². The Morgan fingerprint density at radius 1 is 1.17 bits per heavy atom.